The minimum absolute atomic E-state index is 0.0357. The Morgan fingerprint density at radius 1 is 0.971 bits per heavy atom. The summed E-state index contributed by atoms with van der Waals surface area (Å²) in [6.07, 6.45) is 0.458. The number of fused-ring (bicyclic) bond motifs is 1. The van der Waals surface area contributed by atoms with Crippen molar-refractivity contribution in [2.45, 2.75) is 46.6 Å². The predicted molar refractivity (Wildman–Crippen MR) is 137 cm³/mol. The fourth-order valence-corrected chi connectivity index (χ4v) is 5.16. The molecule has 1 atom stereocenters. The molecule has 5 rings (SSSR count). The molecule has 3 aromatic carbocycles. The van der Waals surface area contributed by atoms with Crippen LogP contribution < -0.4 is 9.64 Å². The number of anilines is 1. The molecule has 5 heteroatoms. The summed E-state index contributed by atoms with van der Waals surface area (Å²) in [5, 5.41) is 0. The average molecular weight is 454 g/mol. The van der Waals surface area contributed by atoms with E-state index in [0.717, 1.165) is 34.8 Å². The van der Waals surface area contributed by atoms with Gasteiger partial charge in [0.05, 0.1) is 18.1 Å². The number of aryl methyl sites for hydroxylation is 2. The Balaban J connectivity index is 1.55. The smallest absolute Gasteiger partial charge is 0.227 e. The zero-order valence-electron chi connectivity index (χ0n) is 20.6. The van der Waals surface area contributed by atoms with E-state index >= 15 is 0 Å². The molecular weight excluding hydrogens is 422 g/mol. The van der Waals surface area contributed by atoms with Crippen molar-refractivity contribution in [3.63, 3.8) is 0 Å². The number of carbonyl (C=O) groups is 1. The number of carbonyl (C=O) groups excluding carboxylic acids is 1. The van der Waals surface area contributed by atoms with Crippen LogP contribution in [-0.4, -0.2) is 29.1 Å². The number of imidazole rings is 1. The summed E-state index contributed by atoms with van der Waals surface area (Å²) in [5.41, 5.74) is 9.62. The highest BCUT2D eigenvalue weighted by Crippen LogP contribution is 2.35. The Hall–Kier alpha value is -3.60. The number of para-hydroxylation sites is 2. The van der Waals surface area contributed by atoms with Crippen LogP contribution in [0.4, 0.5) is 5.69 Å². The van der Waals surface area contributed by atoms with Crippen LogP contribution in [0.3, 0.4) is 0 Å². The molecule has 174 valence electrons. The molecule has 0 bridgehead atoms. The van der Waals surface area contributed by atoms with Gasteiger partial charge in [-0.25, -0.2) is 4.98 Å². The third-order valence-electron chi connectivity index (χ3n) is 7.40. The molecule has 1 saturated heterocycles. The largest absolute Gasteiger partial charge is 0.497 e. The van der Waals surface area contributed by atoms with E-state index < -0.39 is 0 Å². The average Bonchev–Trinajstić information content (AvgIpc) is 3.41. The van der Waals surface area contributed by atoms with E-state index in [-0.39, 0.29) is 11.8 Å². The minimum atomic E-state index is 0.0357. The van der Waals surface area contributed by atoms with Crippen molar-refractivity contribution in [3.05, 3.63) is 88.2 Å². The van der Waals surface area contributed by atoms with Crippen LogP contribution in [0.1, 0.15) is 46.0 Å². The number of hydrogen-bond donors (Lipinski definition) is 0. The monoisotopic (exact) mass is 453 g/mol. The third-order valence-corrected chi connectivity index (χ3v) is 7.40. The van der Waals surface area contributed by atoms with Crippen LogP contribution in [0, 0.1) is 27.7 Å². The summed E-state index contributed by atoms with van der Waals surface area (Å²) in [6, 6.07) is 18.3. The first-order valence-electron chi connectivity index (χ1n) is 11.8. The summed E-state index contributed by atoms with van der Waals surface area (Å²) in [7, 11) is 1.65. The Morgan fingerprint density at radius 2 is 1.65 bits per heavy atom. The molecule has 0 N–H and O–H groups in total. The number of ether oxygens (including phenoxy) is 1. The molecule has 0 aliphatic carbocycles. The maximum atomic E-state index is 13.1. The highest BCUT2D eigenvalue weighted by molar-refractivity contribution is 5.96. The van der Waals surface area contributed by atoms with E-state index in [2.05, 4.69) is 56.5 Å². The lowest BCUT2D eigenvalue weighted by Crippen LogP contribution is -2.24. The van der Waals surface area contributed by atoms with Gasteiger partial charge in [-0.1, -0.05) is 18.2 Å². The molecule has 1 aliphatic heterocycles. The minimum Gasteiger partial charge on any atom is -0.497 e. The Bertz CT molecular complexity index is 1360. The van der Waals surface area contributed by atoms with E-state index in [4.69, 9.17) is 9.72 Å². The van der Waals surface area contributed by atoms with Crippen LogP contribution in [-0.2, 0) is 11.3 Å². The fourth-order valence-electron chi connectivity index (χ4n) is 5.16. The predicted octanol–water partition coefficient (Wildman–Crippen LogP) is 5.85. The van der Waals surface area contributed by atoms with Gasteiger partial charge in [0.25, 0.3) is 0 Å². The Labute approximate surface area is 201 Å². The molecule has 0 radical (unpaired) electrons. The molecule has 1 aliphatic rings. The number of hydrogen-bond acceptors (Lipinski definition) is 3. The highest BCUT2D eigenvalue weighted by atomic mass is 16.5. The van der Waals surface area contributed by atoms with E-state index in [0.29, 0.717) is 13.0 Å². The molecule has 4 aromatic rings. The van der Waals surface area contributed by atoms with Crippen LogP contribution in [0.15, 0.2) is 54.6 Å². The number of rotatable bonds is 5. The van der Waals surface area contributed by atoms with E-state index in [1.807, 2.05) is 35.2 Å². The van der Waals surface area contributed by atoms with Crippen molar-refractivity contribution in [2.75, 3.05) is 18.6 Å². The maximum absolute atomic E-state index is 13.1. The van der Waals surface area contributed by atoms with Gasteiger partial charge in [-0.05, 0) is 91.9 Å². The van der Waals surface area contributed by atoms with Crippen LogP contribution >= 0.6 is 0 Å². The van der Waals surface area contributed by atoms with Crippen LogP contribution in [0.25, 0.3) is 11.0 Å². The molecule has 0 spiro atoms. The second kappa shape index (κ2) is 8.64. The van der Waals surface area contributed by atoms with Crippen LogP contribution in [0.2, 0.25) is 0 Å². The topological polar surface area (TPSA) is 47.4 Å². The molecule has 5 nitrogen and oxygen atoms in total. The first-order valence-corrected chi connectivity index (χ1v) is 11.8. The summed E-state index contributed by atoms with van der Waals surface area (Å²) in [4.78, 5) is 20.0. The van der Waals surface area contributed by atoms with Crippen LogP contribution in [0.5, 0.6) is 5.75 Å². The number of benzene rings is 3. The normalized spacial score (nSPS) is 16.0. The van der Waals surface area contributed by atoms with Gasteiger partial charge in [-0.2, -0.15) is 0 Å². The standard InChI is InChI=1S/C29H31N3O2/c1-18-14-19(2)21(4)25(20(18)3)17-32-27-9-7-6-8-26(27)30-29(32)22-15-28(33)31(16-22)23-10-12-24(34-5)13-11-23/h6-14,22H,15-17H2,1-5H3/t22-/m0/s1. The zero-order chi connectivity index (χ0) is 24.0. The van der Waals surface area contributed by atoms with Gasteiger partial charge >= 0.3 is 0 Å². The van der Waals surface area contributed by atoms with Gasteiger partial charge in [0.15, 0.2) is 0 Å². The SMILES string of the molecule is COc1ccc(N2C[C@@H](c3nc4ccccc4n3Cc3c(C)c(C)cc(C)c3C)CC2=O)cc1. The van der Waals surface area contributed by atoms with Crippen molar-refractivity contribution in [2.24, 2.45) is 0 Å². The summed E-state index contributed by atoms with van der Waals surface area (Å²) >= 11 is 0. The zero-order valence-corrected chi connectivity index (χ0v) is 20.6. The number of amides is 1. The molecule has 0 saturated carbocycles. The van der Waals surface area contributed by atoms with E-state index in [1.54, 1.807) is 7.11 Å². The van der Waals surface area contributed by atoms with E-state index in [9.17, 15) is 4.79 Å². The summed E-state index contributed by atoms with van der Waals surface area (Å²) < 4.78 is 7.61. The molecule has 34 heavy (non-hydrogen) atoms. The van der Waals surface area contributed by atoms with Crippen molar-refractivity contribution >= 4 is 22.6 Å². The van der Waals surface area contributed by atoms with Crippen molar-refractivity contribution in [3.8, 4) is 5.75 Å². The molecule has 1 amide bonds. The second-order valence-electron chi connectivity index (χ2n) is 9.39. The first-order chi connectivity index (χ1) is 16.4. The third kappa shape index (κ3) is 3.75. The van der Waals surface area contributed by atoms with E-state index in [1.165, 1.54) is 27.8 Å². The molecule has 0 unspecified atom stereocenters. The van der Waals surface area contributed by atoms with Crippen molar-refractivity contribution in [1.29, 1.82) is 0 Å². The summed E-state index contributed by atoms with van der Waals surface area (Å²) in [5.74, 6) is 1.94. The van der Waals surface area contributed by atoms with Crippen molar-refractivity contribution in [1.82, 2.24) is 9.55 Å². The van der Waals surface area contributed by atoms with Gasteiger partial charge in [-0.3, -0.25) is 4.79 Å². The quantitative estimate of drug-likeness (QED) is 0.381. The maximum Gasteiger partial charge on any atom is 0.227 e. The second-order valence-corrected chi connectivity index (χ2v) is 9.39. The fraction of sp³-hybridized carbons (Fsp3) is 0.310. The number of nitrogens with zero attached hydrogens (tertiary/aromatic N) is 3. The molecular formula is C29H31N3O2. The number of methoxy groups -OCH3 is 1. The van der Waals surface area contributed by atoms with Gasteiger partial charge in [0.1, 0.15) is 11.6 Å². The number of aromatic nitrogens is 2. The lowest BCUT2D eigenvalue weighted by Gasteiger charge is -2.20. The Kier molecular flexibility index (Phi) is 5.64. The van der Waals surface area contributed by atoms with Gasteiger partial charge < -0.3 is 14.2 Å². The molecule has 1 fully saturated rings. The van der Waals surface area contributed by atoms with Crippen molar-refractivity contribution < 1.29 is 9.53 Å². The molecule has 2 heterocycles. The Morgan fingerprint density at radius 3 is 2.32 bits per heavy atom. The van der Waals surface area contributed by atoms with Gasteiger partial charge in [-0.15, -0.1) is 0 Å². The molecule has 1 aromatic heterocycles. The lowest BCUT2D eigenvalue weighted by atomic mass is 9.94. The summed E-state index contributed by atoms with van der Waals surface area (Å²) in [6.45, 7) is 10.2. The first kappa shape index (κ1) is 22.2. The lowest BCUT2D eigenvalue weighted by molar-refractivity contribution is -0.117. The van der Waals surface area contributed by atoms with Gasteiger partial charge in [0.2, 0.25) is 5.91 Å². The highest BCUT2D eigenvalue weighted by Gasteiger charge is 2.35. The van der Waals surface area contributed by atoms with Gasteiger partial charge in [0, 0.05) is 31.1 Å².